The maximum atomic E-state index is 12.9. The molecule has 1 amide bonds. The van der Waals surface area contributed by atoms with Gasteiger partial charge >= 0.3 is 0 Å². The molecule has 0 bridgehead atoms. The lowest BCUT2D eigenvalue weighted by molar-refractivity contribution is -0.118. The number of anilines is 1. The fraction of sp³-hybridized carbons (Fsp3) is 0.300. The number of nitrogens with one attached hydrogen (secondary N) is 1. The number of sulfonamides is 1. The van der Waals surface area contributed by atoms with Gasteiger partial charge in [-0.15, -0.1) is 0 Å². The lowest BCUT2D eigenvalue weighted by Gasteiger charge is -2.26. The molecule has 1 N–H and O–H groups in total. The van der Waals surface area contributed by atoms with Crippen molar-refractivity contribution in [2.75, 3.05) is 38.2 Å². The third-order valence-electron chi connectivity index (χ3n) is 4.48. The first-order valence-corrected chi connectivity index (χ1v) is 11.5. The summed E-state index contributed by atoms with van der Waals surface area (Å²) in [5, 5.41) is 3.00. The Morgan fingerprint density at radius 3 is 2.52 bits per heavy atom. The normalized spacial score (nSPS) is 14.8. The molecule has 1 fully saturated rings. The molecule has 2 aromatic rings. The van der Waals surface area contributed by atoms with Gasteiger partial charge in [-0.05, 0) is 43.3 Å². The maximum Gasteiger partial charge on any atom is 0.262 e. The van der Waals surface area contributed by atoms with E-state index in [4.69, 9.17) is 32.7 Å². The standard InChI is InChI=1S/C20H20Cl2N2O6S/c1-13(25)16-10-14(21)2-5-18(16)30-12-20(26)23-15-3-4-17(22)19(11-15)31(27,28)24-6-8-29-9-7-24/h2-5,10-11H,6-9,12H2,1H3,(H,23,26). The summed E-state index contributed by atoms with van der Waals surface area (Å²) >= 11 is 12.0. The van der Waals surface area contributed by atoms with Crippen LogP contribution in [0.15, 0.2) is 41.3 Å². The van der Waals surface area contributed by atoms with E-state index in [0.717, 1.165) is 0 Å². The SMILES string of the molecule is CC(=O)c1cc(Cl)ccc1OCC(=O)Nc1ccc(Cl)c(S(=O)(=O)N2CCOCC2)c1. The number of morpholine rings is 1. The monoisotopic (exact) mass is 486 g/mol. The summed E-state index contributed by atoms with van der Waals surface area (Å²) in [5.74, 6) is -0.575. The molecular weight excluding hydrogens is 467 g/mol. The van der Waals surface area contributed by atoms with Gasteiger partial charge in [-0.3, -0.25) is 9.59 Å². The number of hydrogen-bond acceptors (Lipinski definition) is 6. The molecule has 1 aliphatic heterocycles. The van der Waals surface area contributed by atoms with Crippen molar-refractivity contribution < 1.29 is 27.5 Å². The Kier molecular flexibility index (Phi) is 7.55. The van der Waals surface area contributed by atoms with Gasteiger partial charge < -0.3 is 14.8 Å². The molecule has 1 saturated heterocycles. The predicted octanol–water partition coefficient (Wildman–Crippen LogP) is 3.23. The van der Waals surface area contributed by atoms with E-state index in [-0.39, 0.29) is 45.8 Å². The number of carbonyl (C=O) groups excluding carboxylic acids is 2. The summed E-state index contributed by atoms with van der Waals surface area (Å²) in [6.07, 6.45) is 0. The number of ketones is 1. The van der Waals surface area contributed by atoms with Crippen molar-refractivity contribution in [1.82, 2.24) is 4.31 Å². The Morgan fingerprint density at radius 2 is 1.84 bits per heavy atom. The molecule has 31 heavy (non-hydrogen) atoms. The molecule has 0 unspecified atom stereocenters. The highest BCUT2D eigenvalue weighted by Crippen LogP contribution is 2.28. The summed E-state index contributed by atoms with van der Waals surface area (Å²) in [5.41, 5.74) is 0.499. The second-order valence-electron chi connectivity index (χ2n) is 6.70. The lowest BCUT2D eigenvalue weighted by Crippen LogP contribution is -2.40. The highest BCUT2D eigenvalue weighted by molar-refractivity contribution is 7.89. The van der Waals surface area contributed by atoms with E-state index in [2.05, 4.69) is 5.32 Å². The van der Waals surface area contributed by atoms with Crippen LogP contribution in [0.3, 0.4) is 0 Å². The average Bonchev–Trinajstić information content (AvgIpc) is 2.74. The summed E-state index contributed by atoms with van der Waals surface area (Å²) in [7, 11) is -3.84. The van der Waals surface area contributed by atoms with Crippen molar-refractivity contribution in [3.8, 4) is 5.75 Å². The Bertz CT molecular complexity index is 1100. The molecule has 11 heteroatoms. The Labute approximate surface area is 190 Å². The summed E-state index contributed by atoms with van der Waals surface area (Å²) in [4.78, 5) is 23.9. The second-order valence-corrected chi connectivity index (χ2v) is 9.45. The van der Waals surface area contributed by atoms with Gasteiger partial charge in [0.15, 0.2) is 12.4 Å². The number of amides is 1. The highest BCUT2D eigenvalue weighted by Gasteiger charge is 2.28. The van der Waals surface area contributed by atoms with E-state index in [1.807, 2.05) is 0 Å². The van der Waals surface area contributed by atoms with Crippen LogP contribution in [0.5, 0.6) is 5.75 Å². The molecule has 0 aromatic heterocycles. The minimum absolute atomic E-state index is 0.0491. The second kappa shape index (κ2) is 9.97. The van der Waals surface area contributed by atoms with E-state index in [0.29, 0.717) is 18.2 Å². The lowest BCUT2D eigenvalue weighted by atomic mass is 10.1. The molecule has 1 heterocycles. The first kappa shape index (κ1) is 23.5. The molecule has 0 spiro atoms. The highest BCUT2D eigenvalue weighted by atomic mass is 35.5. The number of carbonyl (C=O) groups is 2. The molecule has 0 radical (unpaired) electrons. The Balaban J connectivity index is 1.71. The number of rotatable bonds is 7. The van der Waals surface area contributed by atoms with E-state index >= 15 is 0 Å². The van der Waals surface area contributed by atoms with Crippen LogP contribution in [0, 0.1) is 0 Å². The Hall–Kier alpha value is -2.17. The van der Waals surface area contributed by atoms with Gasteiger partial charge in [-0.1, -0.05) is 23.2 Å². The van der Waals surface area contributed by atoms with Gasteiger partial charge in [-0.2, -0.15) is 4.31 Å². The fourth-order valence-electron chi connectivity index (χ4n) is 2.95. The number of benzene rings is 2. The first-order valence-electron chi connectivity index (χ1n) is 9.29. The van der Waals surface area contributed by atoms with Crippen LogP contribution in [0.1, 0.15) is 17.3 Å². The molecule has 0 aliphatic carbocycles. The van der Waals surface area contributed by atoms with Crippen LogP contribution in [-0.4, -0.2) is 57.3 Å². The predicted molar refractivity (Wildman–Crippen MR) is 117 cm³/mol. The summed E-state index contributed by atoms with van der Waals surface area (Å²) < 4.78 is 37.7. The van der Waals surface area contributed by atoms with Crippen molar-refractivity contribution >= 4 is 50.6 Å². The van der Waals surface area contributed by atoms with E-state index < -0.39 is 22.5 Å². The van der Waals surface area contributed by atoms with E-state index in [1.165, 1.54) is 41.6 Å². The fourth-order valence-corrected chi connectivity index (χ4v) is 5.03. The molecule has 2 aromatic carbocycles. The number of hydrogen-bond donors (Lipinski definition) is 1. The van der Waals surface area contributed by atoms with Crippen LogP contribution in [0.2, 0.25) is 10.0 Å². The number of halogens is 2. The average molecular weight is 487 g/mol. The molecule has 3 rings (SSSR count). The van der Waals surface area contributed by atoms with Crippen molar-refractivity contribution in [3.05, 3.63) is 52.0 Å². The van der Waals surface area contributed by atoms with Crippen LogP contribution in [0.25, 0.3) is 0 Å². The minimum Gasteiger partial charge on any atom is -0.483 e. The number of ether oxygens (including phenoxy) is 2. The first-order chi connectivity index (χ1) is 14.7. The molecule has 8 nitrogen and oxygen atoms in total. The Morgan fingerprint density at radius 1 is 1.13 bits per heavy atom. The van der Waals surface area contributed by atoms with Gasteiger partial charge in [0.25, 0.3) is 5.91 Å². The number of nitrogens with zero attached hydrogens (tertiary/aromatic N) is 1. The van der Waals surface area contributed by atoms with Crippen LogP contribution in [-0.2, 0) is 19.6 Å². The minimum atomic E-state index is -3.84. The van der Waals surface area contributed by atoms with Crippen molar-refractivity contribution in [2.24, 2.45) is 0 Å². The van der Waals surface area contributed by atoms with Gasteiger partial charge in [-0.25, -0.2) is 8.42 Å². The molecular formula is C20H20Cl2N2O6S. The number of Topliss-reactive ketones (excluding diaryl/α,β-unsaturated/α-hetero) is 1. The third-order valence-corrected chi connectivity index (χ3v) is 7.10. The maximum absolute atomic E-state index is 12.9. The largest absolute Gasteiger partial charge is 0.483 e. The van der Waals surface area contributed by atoms with Gasteiger partial charge in [0.2, 0.25) is 10.0 Å². The van der Waals surface area contributed by atoms with E-state index in [1.54, 1.807) is 6.07 Å². The zero-order chi connectivity index (χ0) is 22.6. The van der Waals surface area contributed by atoms with Gasteiger partial charge in [0.1, 0.15) is 10.6 Å². The topological polar surface area (TPSA) is 102 Å². The van der Waals surface area contributed by atoms with Crippen LogP contribution in [0.4, 0.5) is 5.69 Å². The molecule has 166 valence electrons. The van der Waals surface area contributed by atoms with Crippen LogP contribution >= 0.6 is 23.2 Å². The van der Waals surface area contributed by atoms with Gasteiger partial charge in [0, 0.05) is 23.8 Å². The smallest absolute Gasteiger partial charge is 0.262 e. The quantitative estimate of drug-likeness (QED) is 0.602. The summed E-state index contributed by atoms with van der Waals surface area (Å²) in [6.45, 7) is 2.03. The van der Waals surface area contributed by atoms with Crippen molar-refractivity contribution in [2.45, 2.75) is 11.8 Å². The van der Waals surface area contributed by atoms with Gasteiger partial charge in [0.05, 0.1) is 23.8 Å². The third kappa shape index (κ3) is 5.75. The molecule has 1 aliphatic rings. The molecule has 0 saturated carbocycles. The van der Waals surface area contributed by atoms with Crippen molar-refractivity contribution in [1.29, 1.82) is 0 Å². The molecule has 0 atom stereocenters. The van der Waals surface area contributed by atoms with Crippen molar-refractivity contribution in [3.63, 3.8) is 0 Å². The zero-order valence-electron chi connectivity index (χ0n) is 16.6. The summed E-state index contributed by atoms with van der Waals surface area (Å²) in [6, 6.07) is 8.69. The zero-order valence-corrected chi connectivity index (χ0v) is 18.9. The van der Waals surface area contributed by atoms with E-state index in [9.17, 15) is 18.0 Å². The van der Waals surface area contributed by atoms with Crippen LogP contribution < -0.4 is 10.1 Å².